The molecule has 0 N–H and O–H groups in total. The normalized spacial score (nSPS) is 36.2. The third-order valence-electron chi connectivity index (χ3n) is 5.04. The second kappa shape index (κ2) is 4.21. The zero-order valence-electron chi connectivity index (χ0n) is 11.4. The average molecular weight is 274 g/mol. The van der Waals surface area contributed by atoms with Crippen LogP contribution in [0.1, 0.15) is 51.4 Å². The largest absolute Gasteiger partial charge is 0.454 e. The zero-order chi connectivity index (χ0) is 13.7. The highest BCUT2D eigenvalue weighted by atomic mass is 16.6. The molecular formula is C16H18O4. The molecule has 2 aliphatic carbocycles. The number of hydrogen-bond acceptors (Lipinski definition) is 4. The topological polar surface area (TPSA) is 52.6 Å². The van der Waals surface area contributed by atoms with Crippen molar-refractivity contribution in [3.05, 3.63) is 22.8 Å². The Morgan fingerprint density at radius 2 is 1.95 bits per heavy atom. The Balaban J connectivity index is 1.84. The lowest BCUT2D eigenvalue weighted by Gasteiger charge is -2.35. The van der Waals surface area contributed by atoms with Crippen molar-refractivity contribution in [2.75, 3.05) is 0 Å². The minimum absolute atomic E-state index is 0.0666. The molecule has 0 aromatic rings. The van der Waals surface area contributed by atoms with E-state index in [1.807, 2.05) is 0 Å². The third kappa shape index (κ3) is 1.54. The van der Waals surface area contributed by atoms with E-state index in [0.29, 0.717) is 5.57 Å². The molecule has 2 atom stereocenters. The summed E-state index contributed by atoms with van der Waals surface area (Å²) in [5.41, 5.74) is 1.97. The van der Waals surface area contributed by atoms with Crippen LogP contribution in [0.15, 0.2) is 22.8 Å². The van der Waals surface area contributed by atoms with Gasteiger partial charge in [0.05, 0.1) is 5.57 Å². The number of ether oxygens (including phenoxy) is 2. The minimum atomic E-state index is -0.784. The molecule has 0 unspecified atom stereocenters. The number of rotatable bonds is 1. The number of esters is 2. The Hall–Kier alpha value is -1.58. The van der Waals surface area contributed by atoms with E-state index in [-0.39, 0.29) is 18.0 Å². The van der Waals surface area contributed by atoms with Crippen LogP contribution in [0.2, 0.25) is 0 Å². The summed E-state index contributed by atoms with van der Waals surface area (Å²) in [5.74, 6) is -0.559. The second-order valence-corrected chi connectivity index (χ2v) is 6.16. The Morgan fingerprint density at radius 1 is 1.10 bits per heavy atom. The van der Waals surface area contributed by atoms with Crippen LogP contribution in [-0.2, 0) is 19.1 Å². The molecule has 20 heavy (non-hydrogen) atoms. The summed E-state index contributed by atoms with van der Waals surface area (Å²) in [6.45, 7) is 0. The number of carbonyl (C=O) groups is 2. The number of fused-ring (bicyclic) bond motifs is 2. The molecule has 0 bridgehead atoms. The van der Waals surface area contributed by atoms with Gasteiger partial charge < -0.3 is 9.47 Å². The Morgan fingerprint density at radius 3 is 2.85 bits per heavy atom. The predicted molar refractivity (Wildman–Crippen MR) is 70.7 cm³/mol. The van der Waals surface area contributed by atoms with E-state index >= 15 is 0 Å². The lowest BCUT2D eigenvalue weighted by Crippen LogP contribution is -2.39. The molecule has 0 amide bonds. The summed E-state index contributed by atoms with van der Waals surface area (Å²) in [5, 5.41) is 0. The molecular weight excluding hydrogens is 256 g/mol. The quantitative estimate of drug-likeness (QED) is 0.690. The van der Waals surface area contributed by atoms with Crippen molar-refractivity contribution in [1.29, 1.82) is 0 Å². The molecule has 2 aliphatic heterocycles. The van der Waals surface area contributed by atoms with Gasteiger partial charge >= 0.3 is 11.9 Å². The van der Waals surface area contributed by atoms with Crippen molar-refractivity contribution >= 4 is 11.9 Å². The summed E-state index contributed by atoms with van der Waals surface area (Å²) >= 11 is 0. The Bertz CT molecular complexity index is 557. The van der Waals surface area contributed by atoms with E-state index in [1.165, 1.54) is 0 Å². The first-order chi connectivity index (χ1) is 9.71. The molecule has 0 aromatic heterocycles. The first-order valence-corrected chi connectivity index (χ1v) is 7.59. The first kappa shape index (κ1) is 12.2. The van der Waals surface area contributed by atoms with E-state index < -0.39 is 5.60 Å². The van der Waals surface area contributed by atoms with Crippen LogP contribution in [0, 0.1) is 0 Å². The molecule has 4 heteroatoms. The van der Waals surface area contributed by atoms with Crippen LogP contribution < -0.4 is 0 Å². The van der Waals surface area contributed by atoms with Gasteiger partial charge in [-0.25, -0.2) is 9.59 Å². The first-order valence-electron chi connectivity index (χ1n) is 7.59. The average Bonchev–Trinajstić information content (AvgIpc) is 2.94. The van der Waals surface area contributed by atoms with Gasteiger partial charge in [0.1, 0.15) is 6.10 Å². The molecule has 2 heterocycles. The molecule has 106 valence electrons. The minimum Gasteiger partial charge on any atom is -0.454 e. The fraction of sp³-hybridized carbons (Fsp3) is 0.625. The van der Waals surface area contributed by atoms with Crippen LogP contribution in [-0.4, -0.2) is 23.6 Å². The van der Waals surface area contributed by atoms with Gasteiger partial charge in [0.15, 0.2) is 5.60 Å². The summed E-state index contributed by atoms with van der Waals surface area (Å²) in [6.07, 6.45) is 9.15. The van der Waals surface area contributed by atoms with E-state index in [9.17, 15) is 9.59 Å². The van der Waals surface area contributed by atoms with Gasteiger partial charge in [-0.3, -0.25) is 0 Å². The molecule has 2 fully saturated rings. The van der Waals surface area contributed by atoms with Crippen molar-refractivity contribution in [1.82, 2.24) is 0 Å². The molecule has 0 spiro atoms. The van der Waals surface area contributed by atoms with Gasteiger partial charge in [-0.1, -0.05) is 0 Å². The highest BCUT2D eigenvalue weighted by molar-refractivity contribution is 5.99. The fourth-order valence-corrected chi connectivity index (χ4v) is 4.18. The van der Waals surface area contributed by atoms with E-state index in [2.05, 4.69) is 0 Å². The summed E-state index contributed by atoms with van der Waals surface area (Å²) in [7, 11) is 0. The van der Waals surface area contributed by atoms with Crippen molar-refractivity contribution in [3.8, 4) is 0 Å². The van der Waals surface area contributed by atoms with Crippen molar-refractivity contribution in [2.45, 2.75) is 63.1 Å². The van der Waals surface area contributed by atoms with Crippen molar-refractivity contribution < 1.29 is 19.1 Å². The molecule has 4 rings (SSSR count). The van der Waals surface area contributed by atoms with Crippen LogP contribution >= 0.6 is 0 Å². The second-order valence-electron chi connectivity index (χ2n) is 6.16. The lowest BCUT2D eigenvalue weighted by atomic mass is 9.73. The van der Waals surface area contributed by atoms with Gasteiger partial charge in [-0.2, -0.15) is 0 Å². The molecule has 2 saturated carbocycles. The zero-order valence-corrected chi connectivity index (χ0v) is 11.4. The molecule has 0 aromatic carbocycles. The SMILES string of the molecule is O=C1C=C2CCCC[C@]2(C2=C3CCCC[C@@H]3OC2=O)O1. The van der Waals surface area contributed by atoms with Crippen LogP contribution in [0.25, 0.3) is 0 Å². The van der Waals surface area contributed by atoms with E-state index in [0.717, 1.165) is 62.5 Å². The van der Waals surface area contributed by atoms with Gasteiger partial charge in [-0.15, -0.1) is 0 Å². The molecule has 4 nitrogen and oxygen atoms in total. The molecule has 0 radical (unpaired) electrons. The Labute approximate surface area is 117 Å². The van der Waals surface area contributed by atoms with Crippen LogP contribution in [0.3, 0.4) is 0 Å². The highest BCUT2D eigenvalue weighted by Gasteiger charge is 2.54. The summed E-state index contributed by atoms with van der Waals surface area (Å²) in [6, 6.07) is 0. The van der Waals surface area contributed by atoms with Crippen LogP contribution in [0.5, 0.6) is 0 Å². The standard InChI is InChI=1S/C16H18O4/c17-13-9-10-5-3-4-8-16(10,20-13)14-11-6-1-2-7-12(11)19-15(14)18/h9,12H,1-8H2/t12-,16-/m0/s1. The number of hydrogen-bond donors (Lipinski definition) is 0. The maximum Gasteiger partial charge on any atom is 0.339 e. The predicted octanol–water partition coefficient (Wildman–Crippen LogP) is 2.58. The highest BCUT2D eigenvalue weighted by Crippen LogP contribution is 2.50. The van der Waals surface area contributed by atoms with Crippen molar-refractivity contribution in [2.24, 2.45) is 0 Å². The smallest absolute Gasteiger partial charge is 0.339 e. The molecule has 4 aliphatic rings. The van der Waals surface area contributed by atoms with E-state index in [1.54, 1.807) is 6.08 Å². The Kier molecular flexibility index (Phi) is 2.56. The van der Waals surface area contributed by atoms with Crippen molar-refractivity contribution in [3.63, 3.8) is 0 Å². The number of carbonyl (C=O) groups excluding carboxylic acids is 2. The maximum absolute atomic E-state index is 12.4. The summed E-state index contributed by atoms with van der Waals surface area (Å²) < 4.78 is 11.2. The monoisotopic (exact) mass is 274 g/mol. The third-order valence-corrected chi connectivity index (χ3v) is 5.04. The summed E-state index contributed by atoms with van der Waals surface area (Å²) in [4.78, 5) is 24.2. The van der Waals surface area contributed by atoms with Crippen LogP contribution in [0.4, 0.5) is 0 Å². The lowest BCUT2D eigenvalue weighted by molar-refractivity contribution is -0.148. The van der Waals surface area contributed by atoms with E-state index in [4.69, 9.17) is 9.47 Å². The molecule has 0 saturated heterocycles. The maximum atomic E-state index is 12.4. The van der Waals surface area contributed by atoms with Gasteiger partial charge in [-0.05, 0) is 62.5 Å². The van der Waals surface area contributed by atoms with Gasteiger partial charge in [0, 0.05) is 6.08 Å². The van der Waals surface area contributed by atoms with Gasteiger partial charge in [0.25, 0.3) is 0 Å². The fourth-order valence-electron chi connectivity index (χ4n) is 4.18. The van der Waals surface area contributed by atoms with Gasteiger partial charge in [0.2, 0.25) is 0 Å².